The van der Waals surface area contributed by atoms with Gasteiger partial charge in [-0.05, 0) is 67.7 Å². The Morgan fingerprint density at radius 1 is 1.10 bits per heavy atom. The van der Waals surface area contributed by atoms with Gasteiger partial charge in [-0.2, -0.15) is 0 Å². The third kappa shape index (κ3) is 3.56. The van der Waals surface area contributed by atoms with Gasteiger partial charge in [0, 0.05) is 11.3 Å². The highest BCUT2D eigenvalue weighted by Gasteiger charge is 2.12. The standard InChI is InChI=1S/C23H16N4O2S2/c1-13-24-18-10-8-15(12-20(18)31-13)25-21(28)14-7-9-17-19(11-14)26-23(30)27(22(17)29)16-5-3-2-4-6-16/h2-12H,1H3,(H,25,28)(H,26,30). The average Bonchev–Trinajstić information content (AvgIpc) is 3.13. The number of anilines is 1. The first-order chi connectivity index (χ1) is 15.0. The number of nitrogens with zero attached hydrogens (tertiary/aromatic N) is 2. The predicted molar refractivity (Wildman–Crippen MR) is 127 cm³/mol. The zero-order chi connectivity index (χ0) is 21.5. The van der Waals surface area contributed by atoms with Crippen LogP contribution in [0.15, 0.2) is 71.5 Å². The number of amides is 1. The second kappa shape index (κ2) is 7.57. The lowest BCUT2D eigenvalue weighted by molar-refractivity contribution is 0.102. The van der Waals surface area contributed by atoms with Gasteiger partial charge < -0.3 is 10.3 Å². The van der Waals surface area contributed by atoms with Gasteiger partial charge in [0.05, 0.1) is 31.8 Å². The number of hydrogen-bond acceptors (Lipinski definition) is 5. The first-order valence-electron chi connectivity index (χ1n) is 9.53. The number of H-pyrrole nitrogens is 1. The molecule has 31 heavy (non-hydrogen) atoms. The molecule has 2 aromatic heterocycles. The molecule has 0 bridgehead atoms. The Balaban J connectivity index is 1.51. The molecule has 3 aromatic carbocycles. The van der Waals surface area contributed by atoms with Crippen LogP contribution in [0.25, 0.3) is 26.8 Å². The Labute approximate surface area is 185 Å². The zero-order valence-corrected chi connectivity index (χ0v) is 18.0. The summed E-state index contributed by atoms with van der Waals surface area (Å²) in [7, 11) is 0. The Bertz CT molecular complexity index is 1580. The van der Waals surface area contributed by atoms with Crippen LogP contribution in [0.4, 0.5) is 5.69 Å². The van der Waals surface area contributed by atoms with E-state index in [1.165, 1.54) is 4.57 Å². The Kier molecular flexibility index (Phi) is 4.72. The first-order valence-corrected chi connectivity index (χ1v) is 10.8. The van der Waals surface area contributed by atoms with E-state index in [2.05, 4.69) is 15.3 Å². The van der Waals surface area contributed by atoms with Crippen LogP contribution < -0.4 is 10.9 Å². The molecule has 2 heterocycles. The molecule has 0 aliphatic heterocycles. The summed E-state index contributed by atoms with van der Waals surface area (Å²) in [4.78, 5) is 33.3. The van der Waals surface area contributed by atoms with Gasteiger partial charge in [0.15, 0.2) is 4.77 Å². The Morgan fingerprint density at radius 3 is 2.71 bits per heavy atom. The van der Waals surface area contributed by atoms with Crippen LogP contribution in [0.3, 0.4) is 0 Å². The van der Waals surface area contributed by atoms with E-state index >= 15 is 0 Å². The van der Waals surface area contributed by atoms with Crippen molar-refractivity contribution < 1.29 is 4.79 Å². The maximum absolute atomic E-state index is 13.0. The van der Waals surface area contributed by atoms with E-state index < -0.39 is 0 Å². The topological polar surface area (TPSA) is 79.8 Å². The molecule has 5 rings (SSSR count). The van der Waals surface area contributed by atoms with Gasteiger partial charge in [0.2, 0.25) is 0 Å². The number of fused-ring (bicyclic) bond motifs is 2. The molecule has 0 aliphatic carbocycles. The van der Waals surface area contributed by atoms with Crippen LogP contribution >= 0.6 is 23.6 Å². The van der Waals surface area contributed by atoms with Crippen LogP contribution in [-0.4, -0.2) is 20.4 Å². The lowest BCUT2D eigenvalue weighted by Crippen LogP contribution is -2.21. The third-order valence-corrected chi connectivity index (χ3v) is 6.15. The molecule has 0 aliphatic rings. The van der Waals surface area contributed by atoms with Crippen molar-refractivity contribution >= 4 is 56.3 Å². The van der Waals surface area contributed by atoms with E-state index in [0.717, 1.165) is 15.2 Å². The maximum atomic E-state index is 13.0. The zero-order valence-electron chi connectivity index (χ0n) is 16.4. The number of aromatic amines is 1. The van der Waals surface area contributed by atoms with Crippen molar-refractivity contribution in [3.8, 4) is 5.69 Å². The monoisotopic (exact) mass is 444 g/mol. The van der Waals surface area contributed by atoms with Crippen molar-refractivity contribution in [3.63, 3.8) is 0 Å². The van der Waals surface area contributed by atoms with E-state index in [-0.39, 0.29) is 16.2 Å². The molecule has 0 fully saturated rings. The maximum Gasteiger partial charge on any atom is 0.266 e. The lowest BCUT2D eigenvalue weighted by Gasteiger charge is -2.10. The fourth-order valence-electron chi connectivity index (χ4n) is 3.49. The van der Waals surface area contributed by atoms with Crippen molar-refractivity contribution in [2.45, 2.75) is 6.92 Å². The van der Waals surface area contributed by atoms with Crippen LogP contribution in [0.1, 0.15) is 15.4 Å². The highest BCUT2D eigenvalue weighted by molar-refractivity contribution is 7.71. The number of thiazole rings is 1. The van der Waals surface area contributed by atoms with Crippen LogP contribution in [0.2, 0.25) is 0 Å². The molecule has 0 radical (unpaired) electrons. The molecular weight excluding hydrogens is 428 g/mol. The number of rotatable bonds is 3. The van der Waals surface area contributed by atoms with Crippen LogP contribution in [-0.2, 0) is 0 Å². The van der Waals surface area contributed by atoms with Crippen molar-refractivity contribution in [1.82, 2.24) is 14.5 Å². The number of benzene rings is 3. The summed E-state index contributed by atoms with van der Waals surface area (Å²) in [6, 6.07) is 19.8. The van der Waals surface area contributed by atoms with Crippen molar-refractivity contribution in [2.24, 2.45) is 0 Å². The SMILES string of the molecule is Cc1nc2ccc(NC(=O)c3ccc4c(=O)n(-c5ccccc5)c(=S)[nH]c4c3)cc2s1. The average molecular weight is 445 g/mol. The molecule has 2 N–H and O–H groups in total. The van der Waals surface area contributed by atoms with Crippen LogP contribution in [0, 0.1) is 11.7 Å². The largest absolute Gasteiger partial charge is 0.331 e. The quantitative estimate of drug-likeness (QED) is 0.374. The van der Waals surface area contributed by atoms with Gasteiger partial charge in [-0.3, -0.25) is 14.2 Å². The molecule has 0 saturated carbocycles. The normalized spacial score (nSPS) is 11.1. The number of carbonyl (C=O) groups is 1. The molecule has 8 heteroatoms. The van der Waals surface area contributed by atoms with Gasteiger partial charge in [-0.25, -0.2) is 4.98 Å². The molecule has 0 spiro atoms. The van der Waals surface area contributed by atoms with Gasteiger partial charge in [-0.15, -0.1) is 11.3 Å². The fraction of sp³-hybridized carbons (Fsp3) is 0.0435. The summed E-state index contributed by atoms with van der Waals surface area (Å²) >= 11 is 6.99. The van der Waals surface area contributed by atoms with Gasteiger partial charge in [-0.1, -0.05) is 18.2 Å². The number of hydrogen-bond donors (Lipinski definition) is 2. The van der Waals surface area contributed by atoms with Crippen molar-refractivity contribution in [3.05, 3.63) is 92.4 Å². The van der Waals surface area contributed by atoms with E-state index in [1.54, 1.807) is 29.5 Å². The Hall–Kier alpha value is -3.62. The summed E-state index contributed by atoms with van der Waals surface area (Å²) in [5.74, 6) is -0.269. The number of para-hydroxylation sites is 1. The molecular formula is C23H16N4O2S2. The minimum atomic E-state index is -0.269. The number of aryl methyl sites for hydroxylation is 1. The smallest absolute Gasteiger partial charge is 0.266 e. The van der Waals surface area contributed by atoms with Crippen molar-refractivity contribution in [2.75, 3.05) is 5.32 Å². The first kappa shape index (κ1) is 19.3. The summed E-state index contributed by atoms with van der Waals surface area (Å²) in [6.45, 7) is 1.95. The fourth-order valence-corrected chi connectivity index (χ4v) is 4.66. The molecule has 1 amide bonds. The summed E-state index contributed by atoms with van der Waals surface area (Å²) in [5.41, 5.74) is 3.00. The minimum absolute atomic E-state index is 0.233. The summed E-state index contributed by atoms with van der Waals surface area (Å²) in [5, 5.41) is 4.34. The van der Waals surface area contributed by atoms with Crippen LogP contribution in [0.5, 0.6) is 0 Å². The molecule has 152 valence electrons. The lowest BCUT2D eigenvalue weighted by atomic mass is 10.1. The van der Waals surface area contributed by atoms with E-state index in [4.69, 9.17) is 12.2 Å². The highest BCUT2D eigenvalue weighted by atomic mass is 32.1. The second-order valence-corrected chi connectivity index (χ2v) is 8.66. The van der Waals surface area contributed by atoms with E-state index in [1.807, 2.05) is 55.5 Å². The summed E-state index contributed by atoms with van der Waals surface area (Å²) < 4.78 is 2.73. The Morgan fingerprint density at radius 2 is 1.90 bits per heavy atom. The predicted octanol–water partition coefficient (Wildman–Crippen LogP) is 5.22. The third-order valence-electron chi connectivity index (χ3n) is 4.93. The molecule has 5 aromatic rings. The minimum Gasteiger partial charge on any atom is -0.331 e. The molecule has 6 nitrogen and oxygen atoms in total. The number of nitrogens with one attached hydrogen (secondary N) is 2. The van der Waals surface area contributed by atoms with Crippen molar-refractivity contribution in [1.29, 1.82) is 0 Å². The van der Waals surface area contributed by atoms with Gasteiger partial charge >= 0.3 is 0 Å². The molecule has 0 unspecified atom stereocenters. The molecule has 0 atom stereocenters. The highest BCUT2D eigenvalue weighted by Crippen LogP contribution is 2.25. The number of aromatic nitrogens is 3. The second-order valence-electron chi connectivity index (χ2n) is 7.04. The van der Waals surface area contributed by atoms with E-state index in [0.29, 0.717) is 27.8 Å². The van der Waals surface area contributed by atoms with Gasteiger partial charge in [0.25, 0.3) is 11.5 Å². The van der Waals surface area contributed by atoms with Gasteiger partial charge in [0.1, 0.15) is 0 Å². The molecule has 0 saturated heterocycles. The number of carbonyl (C=O) groups excluding carboxylic acids is 1. The van der Waals surface area contributed by atoms with E-state index in [9.17, 15) is 9.59 Å². The summed E-state index contributed by atoms with van der Waals surface area (Å²) in [6.07, 6.45) is 0.